The third-order valence-corrected chi connectivity index (χ3v) is 18.8. The van der Waals surface area contributed by atoms with E-state index in [9.17, 15) is 55.9 Å². The summed E-state index contributed by atoms with van der Waals surface area (Å²) in [5.41, 5.74) is 0. The van der Waals surface area contributed by atoms with E-state index in [1.165, 1.54) is 0 Å². The number of rotatable bonds is 63. The van der Waals surface area contributed by atoms with E-state index < -0.39 is 59.3 Å². The van der Waals surface area contributed by atoms with Gasteiger partial charge in [-0.2, -0.15) is 32.3 Å². The van der Waals surface area contributed by atoms with Crippen LogP contribution in [0.25, 0.3) is 0 Å². The Morgan fingerprint density at radius 2 is 0.762 bits per heavy atom. The second-order valence-electron chi connectivity index (χ2n) is 23.6. The molecule has 0 aliphatic carbocycles. The first-order chi connectivity index (χ1) is 49.2. The first-order valence-electron chi connectivity index (χ1n) is 34.9. The summed E-state index contributed by atoms with van der Waals surface area (Å²) in [5, 5.41) is 26.8. The standard InChI is InChI=1S/C65H105F4N9O21S2/c66-46-43-47(67)59(69)62(58(46)68)99-57(83)14-21-89-27-33-95-39-42-98-36-30-92-24-18-73-63(84)48(74-56(82)13-20-88-26-32-94-38-41-97-35-29-91-23-17-72-54(80)11-4-2-9-52-61-50(45-101-52)76-65(86)78-61)7-5-6-15-70-55(81)12-19-87-25-31-93-37-40-96-34-28-90-22-16-71-53(79)10-3-1-8-51-60-49(44-100-51)75-64(85)77-60/h43,48-52,60-61H,1-42,44-45H2,(H,70,81)(H,71,79)(H,72,80)(H,73,84)(H,74,82)(H2,75,77,85)(H2,76,78,86). The van der Waals surface area contributed by atoms with Crippen LogP contribution in [0.1, 0.15) is 89.9 Å². The SMILES string of the molecule is O=C(CCCCC1SCC2NC(=O)NC21)NCCOCCOCCOCCOCCC(=O)NCCCCC(NC(=O)CCOCCOCCOCCOCCNC(=O)CCCCC1SCC2NC(=O)NC21)C(=O)NCCOCCOCCOCCOCCC(=O)Oc1c(F)c(F)cc(F)c1F. The van der Waals surface area contributed by atoms with E-state index in [1.54, 1.807) is 0 Å². The molecule has 4 aliphatic heterocycles. The highest BCUT2D eigenvalue weighted by Crippen LogP contribution is 2.34. The highest BCUT2D eigenvalue weighted by Gasteiger charge is 2.43. The van der Waals surface area contributed by atoms with Crippen molar-refractivity contribution in [2.45, 2.75) is 131 Å². The minimum atomic E-state index is -1.83. The molecule has 4 saturated heterocycles. The number of amides is 9. The highest BCUT2D eigenvalue weighted by atomic mass is 32.2. The minimum Gasteiger partial charge on any atom is -0.420 e. The molecule has 4 fully saturated rings. The van der Waals surface area contributed by atoms with Crippen molar-refractivity contribution in [3.63, 3.8) is 0 Å². The van der Waals surface area contributed by atoms with E-state index >= 15 is 0 Å². The Morgan fingerprint density at radius 3 is 1.19 bits per heavy atom. The molecule has 0 spiro atoms. The molecule has 576 valence electrons. The maximum absolute atomic E-state index is 13.7. The Balaban J connectivity index is 0.819. The molecule has 0 radical (unpaired) electrons. The van der Waals surface area contributed by atoms with Crippen molar-refractivity contribution in [2.75, 3.05) is 196 Å². The van der Waals surface area contributed by atoms with Gasteiger partial charge in [0.1, 0.15) is 6.04 Å². The highest BCUT2D eigenvalue weighted by molar-refractivity contribution is 8.00. The molecule has 5 rings (SSSR count). The fourth-order valence-electron chi connectivity index (χ4n) is 10.5. The number of ether oxygens (including phenoxy) is 13. The number of thioether (sulfide) groups is 2. The van der Waals surface area contributed by atoms with Crippen molar-refractivity contribution >= 4 is 71.1 Å². The van der Waals surface area contributed by atoms with Crippen LogP contribution in [-0.2, 0) is 85.6 Å². The summed E-state index contributed by atoms with van der Waals surface area (Å²) in [6.07, 6.45) is 7.26. The number of esters is 1. The molecule has 0 saturated carbocycles. The predicted octanol–water partition coefficient (Wildman–Crippen LogP) is 2.09. The molecule has 1 aromatic carbocycles. The van der Waals surface area contributed by atoms with Gasteiger partial charge in [-0.25, -0.2) is 18.4 Å². The summed E-state index contributed by atoms with van der Waals surface area (Å²) in [4.78, 5) is 98.2. The molecular weight excluding hydrogens is 1380 g/mol. The summed E-state index contributed by atoms with van der Waals surface area (Å²) in [5.74, 6) is -8.90. The molecule has 101 heavy (non-hydrogen) atoms. The summed E-state index contributed by atoms with van der Waals surface area (Å²) in [6, 6.07) is -0.312. The van der Waals surface area contributed by atoms with E-state index in [-0.39, 0.29) is 165 Å². The lowest BCUT2D eigenvalue weighted by Gasteiger charge is -2.19. The average Bonchev–Trinajstić information content (AvgIpc) is 1.72. The molecule has 7 atom stereocenters. The van der Waals surface area contributed by atoms with Crippen molar-refractivity contribution < 1.29 is 117 Å². The molecule has 1 aromatic rings. The lowest BCUT2D eigenvalue weighted by molar-refractivity contribution is -0.136. The van der Waals surface area contributed by atoms with Gasteiger partial charge in [-0.1, -0.05) is 12.8 Å². The van der Waals surface area contributed by atoms with Crippen LogP contribution < -0.4 is 52.6 Å². The Labute approximate surface area is 596 Å². The Bertz CT molecular complexity index is 2550. The summed E-state index contributed by atoms with van der Waals surface area (Å²) in [6.45, 7) is 7.27. The smallest absolute Gasteiger partial charge is 0.315 e. The first-order valence-corrected chi connectivity index (χ1v) is 37.0. The number of unbranched alkanes of at least 4 members (excludes halogenated alkanes) is 3. The number of carbonyl (C=O) groups is 8. The zero-order valence-corrected chi connectivity index (χ0v) is 59.3. The van der Waals surface area contributed by atoms with E-state index in [0.717, 1.165) is 50.0 Å². The van der Waals surface area contributed by atoms with E-state index in [1.807, 2.05) is 23.5 Å². The molecule has 9 N–H and O–H groups in total. The van der Waals surface area contributed by atoms with Gasteiger partial charge in [0.15, 0.2) is 11.6 Å². The van der Waals surface area contributed by atoms with Gasteiger partial charge >= 0.3 is 18.0 Å². The predicted molar refractivity (Wildman–Crippen MR) is 361 cm³/mol. The molecule has 30 nitrogen and oxygen atoms in total. The largest absolute Gasteiger partial charge is 0.420 e. The number of halogens is 4. The van der Waals surface area contributed by atoms with Gasteiger partial charge in [0.25, 0.3) is 0 Å². The van der Waals surface area contributed by atoms with Gasteiger partial charge in [0.2, 0.25) is 46.9 Å². The van der Waals surface area contributed by atoms with E-state index in [2.05, 4.69) is 52.6 Å². The zero-order chi connectivity index (χ0) is 72.3. The van der Waals surface area contributed by atoms with E-state index in [0.29, 0.717) is 135 Å². The minimum absolute atomic E-state index is 0.00194. The van der Waals surface area contributed by atoms with Crippen LogP contribution in [0.5, 0.6) is 5.75 Å². The van der Waals surface area contributed by atoms with Crippen LogP contribution in [-0.4, -0.2) is 285 Å². The van der Waals surface area contributed by atoms with Crippen LogP contribution in [0.3, 0.4) is 0 Å². The normalized spacial score (nSPS) is 18.5. The van der Waals surface area contributed by atoms with Crippen LogP contribution in [0.2, 0.25) is 0 Å². The van der Waals surface area contributed by atoms with Gasteiger partial charge in [-0.05, 0) is 44.9 Å². The zero-order valence-electron chi connectivity index (χ0n) is 57.6. The number of hydrogen-bond acceptors (Lipinski definition) is 23. The summed E-state index contributed by atoms with van der Waals surface area (Å²) < 4.78 is 125. The van der Waals surface area contributed by atoms with Crippen molar-refractivity contribution in [3.05, 3.63) is 29.3 Å². The van der Waals surface area contributed by atoms with E-state index in [4.69, 9.17) is 56.8 Å². The van der Waals surface area contributed by atoms with Gasteiger partial charge in [-0.3, -0.25) is 28.8 Å². The fourth-order valence-corrected chi connectivity index (χ4v) is 13.6. The van der Waals surface area contributed by atoms with Crippen molar-refractivity contribution in [1.82, 2.24) is 47.9 Å². The summed E-state index contributed by atoms with van der Waals surface area (Å²) in [7, 11) is 0. The molecule has 36 heteroatoms. The third kappa shape index (κ3) is 38.7. The average molecular weight is 1490 g/mol. The Morgan fingerprint density at radius 1 is 0.406 bits per heavy atom. The van der Waals surface area contributed by atoms with Gasteiger partial charge < -0.3 is 109 Å². The maximum atomic E-state index is 13.7. The van der Waals surface area contributed by atoms with Crippen molar-refractivity contribution in [2.24, 2.45) is 0 Å². The quantitative estimate of drug-likeness (QED) is 0.0113. The molecule has 4 heterocycles. The topological polar surface area (TPSA) is 365 Å². The lowest BCUT2D eigenvalue weighted by atomic mass is 10.0. The molecule has 0 aromatic heterocycles. The second kappa shape index (κ2) is 54.2. The number of urea groups is 2. The number of hydrogen-bond donors (Lipinski definition) is 9. The van der Waals surface area contributed by atoms with Crippen molar-refractivity contribution in [1.29, 1.82) is 0 Å². The Hall–Kier alpha value is -5.48. The lowest BCUT2D eigenvalue weighted by Crippen LogP contribution is -2.47. The maximum Gasteiger partial charge on any atom is 0.315 e. The Kier molecular flexibility index (Phi) is 46.2. The van der Waals surface area contributed by atoms with Gasteiger partial charge in [0, 0.05) is 79.9 Å². The number of fused-ring (bicyclic) bond motifs is 2. The molecule has 9 amide bonds. The molecule has 4 aliphatic rings. The first kappa shape index (κ1) is 86.2. The number of carbonyl (C=O) groups excluding carboxylic acids is 8. The fraction of sp³-hybridized carbons (Fsp3) is 0.785. The monoisotopic (exact) mass is 1490 g/mol. The van der Waals surface area contributed by atoms with Crippen LogP contribution in [0.15, 0.2) is 6.07 Å². The van der Waals surface area contributed by atoms with Gasteiger partial charge in [0.05, 0.1) is 189 Å². The number of nitrogens with one attached hydrogen (secondary N) is 9. The second-order valence-corrected chi connectivity index (χ2v) is 26.1. The van der Waals surface area contributed by atoms with Crippen molar-refractivity contribution in [3.8, 4) is 5.75 Å². The molecule has 7 unspecified atom stereocenters. The molecule has 0 bridgehead atoms. The van der Waals surface area contributed by atoms with Crippen LogP contribution >= 0.6 is 23.5 Å². The van der Waals surface area contributed by atoms with Crippen LogP contribution in [0, 0.1) is 23.3 Å². The molecular formula is C65H105F4N9O21S2. The third-order valence-electron chi connectivity index (χ3n) is 15.8. The summed E-state index contributed by atoms with van der Waals surface area (Å²) >= 11 is 3.74. The van der Waals surface area contributed by atoms with Gasteiger partial charge in [-0.15, -0.1) is 0 Å². The van der Waals surface area contributed by atoms with Crippen LogP contribution in [0.4, 0.5) is 27.2 Å². The number of benzene rings is 1.